The zero-order valence-electron chi connectivity index (χ0n) is 14.8. The number of carbonyl (C=O) groups is 2. The lowest BCUT2D eigenvalue weighted by molar-refractivity contribution is -0.117. The normalized spacial score (nSPS) is 18.7. The van der Waals surface area contributed by atoms with Crippen LogP contribution in [0.2, 0.25) is 5.02 Å². The molecule has 4 rings (SSSR count). The Hall–Kier alpha value is -2.31. The highest BCUT2D eigenvalue weighted by atomic mass is 35.5. The van der Waals surface area contributed by atoms with E-state index in [0.717, 1.165) is 12.1 Å². The summed E-state index contributed by atoms with van der Waals surface area (Å²) in [6, 6.07) is 15.3. The summed E-state index contributed by atoms with van der Waals surface area (Å²) in [5.41, 5.74) is 2.76. The summed E-state index contributed by atoms with van der Waals surface area (Å²) in [7, 11) is 0. The molecule has 7 heteroatoms. The number of nitrogens with zero attached hydrogens (tertiary/aromatic N) is 3. The Morgan fingerprint density at radius 3 is 2.67 bits per heavy atom. The molecule has 2 aromatic carbocycles. The number of amidine groups is 1. The van der Waals surface area contributed by atoms with E-state index in [1.54, 1.807) is 12.1 Å². The van der Waals surface area contributed by atoms with Gasteiger partial charge >= 0.3 is 0 Å². The third-order valence-electron chi connectivity index (χ3n) is 4.68. The lowest BCUT2D eigenvalue weighted by atomic mass is 10.1. The number of benzene rings is 2. The number of aliphatic imine (C=N–C) groups is 1. The SMILES string of the molecule is C[C@H]1Cc2ccccc2N1C(=O)CSC1=NCC(=O)N1c1ccccc1Cl. The number of halogens is 1. The molecule has 1 atom stereocenters. The van der Waals surface area contributed by atoms with E-state index in [-0.39, 0.29) is 30.2 Å². The predicted molar refractivity (Wildman–Crippen MR) is 111 cm³/mol. The molecular formula is C20H18ClN3O2S. The summed E-state index contributed by atoms with van der Waals surface area (Å²) in [4.78, 5) is 32.8. The van der Waals surface area contributed by atoms with Gasteiger partial charge in [-0.15, -0.1) is 0 Å². The van der Waals surface area contributed by atoms with Crippen molar-refractivity contribution in [3.8, 4) is 0 Å². The summed E-state index contributed by atoms with van der Waals surface area (Å²) in [5.74, 6) is 0.0858. The number of fused-ring (bicyclic) bond motifs is 1. The highest BCUT2D eigenvalue weighted by molar-refractivity contribution is 8.14. The van der Waals surface area contributed by atoms with Crippen molar-refractivity contribution in [1.29, 1.82) is 0 Å². The second kappa shape index (κ2) is 7.37. The second-order valence-electron chi connectivity index (χ2n) is 6.51. The minimum Gasteiger partial charge on any atom is -0.308 e. The van der Waals surface area contributed by atoms with Crippen molar-refractivity contribution in [1.82, 2.24) is 0 Å². The van der Waals surface area contributed by atoms with Crippen molar-refractivity contribution in [2.45, 2.75) is 19.4 Å². The molecule has 0 N–H and O–H groups in total. The van der Waals surface area contributed by atoms with E-state index in [4.69, 9.17) is 11.6 Å². The van der Waals surface area contributed by atoms with Gasteiger partial charge in [-0.3, -0.25) is 19.5 Å². The molecule has 0 radical (unpaired) electrons. The maximum absolute atomic E-state index is 12.9. The minimum atomic E-state index is -0.141. The largest absolute Gasteiger partial charge is 0.308 e. The number of thioether (sulfide) groups is 1. The Bertz CT molecular complexity index is 946. The molecule has 0 aromatic heterocycles. The molecule has 5 nitrogen and oxygen atoms in total. The van der Waals surface area contributed by atoms with Crippen LogP contribution in [-0.2, 0) is 16.0 Å². The van der Waals surface area contributed by atoms with Crippen LogP contribution in [0.25, 0.3) is 0 Å². The van der Waals surface area contributed by atoms with Crippen LogP contribution in [0.1, 0.15) is 12.5 Å². The molecule has 2 heterocycles. The molecule has 0 bridgehead atoms. The molecule has 2 aliphatic heterocycles. The maximum Gasteiger partial charge on any atom is 0.254 e. The predicted octanol–water partition coefficient (Wildman–Crippen LogP) is 3.75. The Labute approximate surface area is 167 Å². The van der Waals surface area contributed by atoms with Crippen LogP contribution >= 0.6 is 23.4 Å². The van der Waals surface area contributed by atoms with E-state index in [1.165, 1.54) is 22.2 Å². The first-order valence-corrected chi connectivity index (χ1v) is 10.1. The molecule has 2 amide bonds. The first-order chi connectivity index (χ1) is 13.1. The molecule has 2 aromatic rings. The summed E-state index contributed by atoms with van der Waals surface area (Å²) in [6.45, 7) is 2.12. The highest BCUT2D eigenvalue weighted by Crippen LogP contribution is 2.34. The third-order valence-corrected chi connectivity index (χ3v) is 5.97. The van der Waals surface area contributed by atoms with Crippen molar-refractivity contribution in [3.63, 3.8) is 0 Å². The van der Waals surface area contributed by atoms with Gasteiger partial charge in [-0.25, -0.2) is 0 Å². The van der Waals surface area contributed by atoms with E-state index < -0.39 is 0 Å². The molecule has 0 spiro atoms. The smallest absolute Gasteiger partial charge is 0.254 e. The zero-order chi connectivity index (χ0) is 19.0. The first kappa shape index (κ1) is 18.1. The van der Waals surface area contributed by atoms with E-state index in [1.807, 2.05) is 35.2 Å². The zero-order valence-corrected chi connectivity index (χ0v) is 16.3. The van der Waals surface area contributed by atoms with E-state index in [9.17, 15) is 9.59 Å². The summed E-state index contributed by atoms with van der Waals surface area (Å²) >= 11 is 7.52. The lowest BCUT2D eigenvalue weighted by Gasteiger charge is -2.23. The van der Waals surface area contributed by atoms with Crippen LogP contribution in [0.5, 0.6) is 0 Å². The van der Waals surface area contributed by atoms with Crippen molar-refractivity contribution in [2.75, 3.05) is 22.1 Å². The number of amides is 2. The summed E-state index contributed by atoms with van der Waals surface area (Å²) in [5, 5.41) is 0.996. The van der Waals surface area contributed by atoms with E-state index in [2.05, 4.69) is 18.0 Å². The molecule has 0 unspecified atom stereocenters. The number of hydrogen-bond donors (Lipinski definition) is 0. The van der Waals surface area contributed by atoms with Gasteiger partial charge in [0.2, 0.25) is 5.91 Å². The molecule has 0 saturated heterocycles. The van der Waals surface area contributed by atoms with Gasteiger partial charge in [-0.1, -0.05) is 53.7 Å². The molecule has 27 heavy (non-hydrogen) atoms. The quantitative estimate of drug-likeness (QED) is 0.789. The van der Waals surface area contributed by atoms with Gasteiger partial charge in [-0.2, -0.15) is 0 Å². The third kappa shape index (κ3) is 3.35. The van der Waals surface area contributed by atoms with E-state index >= 15 is 0 Å². The van der Waals surface area contributed by atoms with Gasteiger partial charge in [0, 0.05) is 11.7 Å². The fourth-order valence-electron chi connectivity index (χ4n) is 3.51. The molecular weight excluding hydrogens is 382 g/mol. The lowest BCUT2D eigenvalue weighted by Crippen LogP contribution is -2.38. The second-order valence-corrected chi connectivity index (χ2v) is 7.86. The van der Waals surface area contributed by atoms with Crippen LogP contribution in [0.3, 0.4) is 0 Å². The fourth-order valence-corrected chi connectivity index (χ4v) is 4.60. The standard InChI is InChI=1S/C20H18ClN3O2S/c1-13-10-14-6-2-4-8-16(14)23(13)19(26)12-27-20-22-11-18(25)24(20)17-9-5-3-7-15(17)21/h2-9,13H,10-12H2,1H3/t13-/m0/s1. The number of anilines is 2. The summed E-state index contributed by atoms with van der Waals surface area (Å²) < 4.78 is 0. The highest BCUT2D eigenvalue weighted by Gasteiger charge is 2.33. The van der Waals surface area contributed by atoms with Gasteiger partial charge in [0.15, 0.2) is 5.17 Å². The number of rotatable bonds is 3. The molecule has 0 fully saturated rings. The topological polar surface area (TPSA) is 53.0 Å². The van der Waals surface area contributed by atoms with Crippen LogP contribution in [-0.4, -0.2) is 35.3 Å². The molecule has 138 valence electrons. The van der Waals surface area contributed by atoms with Crippen LogP contribution in [0.15, 0.2) is 53.5 Å². The maximum atomic E-state index is 12.9. The van der Waals surface area contributed by atoms with Crippen molar-refractivity contribution < 1.29 is 9.59 Å². The Kier molecular flexibility index (Phi) is 4.93. The van der Waals surface area contributed by atoms with Crippen LogP contribution < -0.4 is 9.80 Å². The Morgan fingerprint density at radius 1 is 1.19 bits per heavy atom. The van der Waals surface area contributed by atoms with Gasteiger partial charge < -0.3 is 4.90 Å². The monoisotopic (exact) mass is 399 g/mol. The Morgan fingerprint density at radius 2 is 1.89 bits per heavy atom. The van der Waals surface area contributed by atoms with Gasteiger partial charge in [0.1, 0.15) is 6.54 Å². The van der Waals surface area contributed by atoms with Crippen molar-refractivity contribution in [2.24, 2.45) is 4.99 Å². The number of carbonyl (C=O) groups excluding carboxylic acids is 2. The van der Waals surface area contributed by atoms with E-state index in [0.29, 0.717) is 15.9 Å². The average Bonchev–Trinajstić information content (AvgIpc) is 3.19. The van der Waals surface area contributed by atoms with Crippen molar-refractivity contribution >= 4 is 51.7 Å². The van der Waals surface area contributed by atoms with Crippen LogP contribution in [0, 0.1) is 0 Å². The average molecular weight is 400 g/mol. The molecule has 2 aliphatic rings. The molecule has 0 aliphatic carbocycles. The van der Waals surface area contributed by atoms with Gasteiger partial charge in [0.25, 0.3) is 5.91 Å². The van der Waals surface area contributed by atoms with Crippen molar-refractivity contribution in [3.05, 3.63) is 59.1 Å². The fraction of sp³-hybridized carbons (Fsp3) is 0.250. The first-order valence-electron chi connectivity index (χ1n) is 8.71. The van der Waals surface area contributed by atoms with Gasteiger partial charge in [0.05, 0.1) is 16.5 Å². The number of para-hydroxylation sites is 2. The van der Waals surface area contributed by atoms with Gasteiger partial charge in [-0.05, 0) is 37.1 Å². The van der Waals surface area contributed by atoms with Crippen LogP contribution in [0.4, 0.5) is 11.4 Å². The minimum absolute atomic E-state index is 0.0126. The number of hydrogen-bond acceptors (Lipinski definition) is 4. The molecule has 0 saturated carbocycles. The Balaban J connectivity index is 1.49. The summed E-state index contributed by atoms with van der Waals surface area (Å²) in [6.07, 6.45) is 0.859.